The highest BCUT2D eigenvalue weighted by Gasteiger charge is 2.70. The van der Waals surface area contributed by atoms with Crippen LogP contribution in [0.5, 0.6) is 5.75 Å². The van der Waals surface area contributed by atoms with Crippen molar-refractivity contribution in [3.63, 3.8) is 0 Å². The van der Waals surface area contributed by atoms with Gasteiger partial charge in [-0.25, -0.2) is 4.79 Å². The number of esters is 3. The Hall–Kier alpha value is -3.77. The first-order valence-corrected chi connectivity index (χ1v) is 15.9. The lowest BCUT2D eigenvalue weighted by Gasteiger charge is -2.66. The van der Waals surface area contributed by atoms with Crippen molar-refractivity contribution in [3.8, 4) is 17.1 Å². The van der Waals surface area contributed by atoms with Gasteiger partial charge in [-0.1, -0.05) is 27.2 Å². The third kappa shape index (κ3) is 5.70. The lowest BCUT2D eigenvalue weighted by atomic mass is 9.42. The Morgan fingerprint density at radius 1 is 1.15 bits per heavy atom. The fraction of sp³-hybridized carbons (Fsp3) is 0.618. The molecule has 1 aliphatic heterocycles. The zero-order valence-electron chi connectivity index (χ0n) is 27.2. The van der Waals surface area contributed by atoms with Crippen molar-refractivity contribution < 1.29 is 42.9 Å². The Morgan fingerprint density at radius 3 is 2.48 bits per heavy atom. The minimum Gasteiger partial charge on any atom is -0.482 e. The Labute approximate surface area is 267 Å². The highest BCUT2D eigenvalue weighted by molar-refractivity contribution is 5.75. The van der Waals surface area contributed by atoms with E-state index in [1.54, 1.807) is 37.5 Å². The molecule has 2 aromatic heterocycles. The van der Waals surface area contributed by atoms with Crippen LogP contribution in [0.3, 0.4) is 0 Å². The first-order chi connectivity index (χ1) is 21.7. The molecule has 3 N–H and O–H groups in total. The quantitative estimate of drug-likeness (QED) is 0.315. The molecule has 12 nitrogen and oxygen atoms in total. The molecule has 9 atom stereocenters. The summed E-state index contributed by atoms with van der Waals surface area (Å²) in [6.07, 6.45) is 2.49. The molecule has 0 spiro atoms. The van der Waals surface area contributed by atoms with Gasteiger partial charge >= 0.3 is 23.5 Å². The number of hydrogen-bond acceptors (Lipinski definition) is 12. The standard InChI is InChI=1S/C34H44N2O10/c1-7-9-21(35)30(40)42-17-33(5)24-15-26(44-19(3)38)34(6)29(32(24,4)12-11-25(33)43-18(2)37)28(39)27-23(46-34)14-22(45-31(27)41)20-10-8-13-36-16-20/h8,10,13-14,16,21,24-26,28-29,39H,7,9,11-12,15,17,35H2,1-6H3/t21?,24?,25-,26-,28-,29?,32-,33?,34+/m0/s1. The summed E-state index contributed by atoms with van der Waals surface area (Å²) in [7, 11) is 0. The maximum absolute atomic E-state index is 13.5. The number of aromatic nitrogens is 1. The minimum atomic E-state index is -1.37. The monoisotopic (exact) mass is 640 g/mol. The molecule has 2 saturated carbocycles. The van der Waals surface area contributed by atoms with E-state index in [-0.39, 0.29) is 30.1 Å². The maximum Gasteiger partial charge on any atom is 0.345 e. The highest BCUT2D eigenvalue weighted by atomic mass is 16.6. The van der Waals surface area contributed by atoms with E-state index < -0.39 is 76.2 Å². The maximum atomic E-state index is 13.5. The molecule has 0 amide bonds. The van der Waals surface area contributed by atoms with E-state index in [0.717, 1.165) is 0 Å². The van der Waals surface area contributed by atoms with Gasteiger partial charge in [-0.05, 0) is 56.1 Å². The van der Waals surface area contributed by atoms with Crippen molar-refractivity contribution in [3.05, 3.63) is 46.6 Å². The van der Waals surface area contributed by atoms with Crippen molar-refractivity contribution in [2.45, 2.75) is 104 Å². The number of fused-ring (bicyclic) bond motifs is 4. The van der Waals surface area contributed by atoms with Crippen LogP contribution in [-0.2, 0) is 28.6 Å². The lowest BCUT2D eigenvalue weighted by molar-refractivity contribution is -0.271. The summed E-state index contributed by atoms with van der Waals surface area (Å²) in [6, 6.07) is 4.19. The number of hydrogen-bond donors (Lipinski definition) is 2. The fourth-order valence-electron chi connectivity index (χ4n) is 8.54. The van der Waals surface area contributed by atoms with Gasteiger partial charge in [-0.15, -0.1) is 0 Å². The third-order valence-electron chi connectivity index (χ3n) is 10.6. The molecule has 250 valence electrons. The first-order valence-electron chi connectivity index (χ1n) is 15.9. The number of nitrogens with zero attached hydrogens (tertiary/aromatic N) is 1. The lowest BCUT2D eigenvalue weighted by Crippen LogP contribution is -2.71. The van der Waals surface area contributed by atoms with Crippen LogP contribution in [0.25, 0.3) is 11.3 Å². The molecule has 2 fully saturated rings. The smallest absolute Gasteiger partial charge is 0.345 e. The summed E-state index contributed by atoms with van der Waals surface area (Å²) < 4.78 is 29.9. The van der Waals surface area contributed by atoms with E-state index in [0.29, 0.717) is 31.2 Å². The molecule has 0 radical (unpaired) electrons. The molecule has 46 heavy (non-hydrogen) atoms. The summed E-state index contributed by atoms with van der Waals surface area (Å²) in [5.41, 5.74) is 2.79. The van der Waals surface area contributed by atoms with Gasteiger partial charge in [0.15, 0.2) is 0 Å². The number of rotatable bonds is 8. The van der Waals surface area contributed by atoms with Gasteiger partial charge in [0.1, 0.15) is 47.5 Å². The van der Waals surface area contributed by atoms with Gasteiger partial charge in [-0.2, -0.15) is 0 Å². The minimum absolute atomic E-state index is 0.0284. The van der Waals surface area contributed by atoms with Gasteiger partial charge in [0.25, 0.3) is 0 Å². The topological polar surface area (TPSA) is 177 Å². The largest absolute Gasteiger partial charge is 0.482 e. The predicted molar refractivity (Wildman–Crippen MR) is 164 cm³/mol. The summed E-state index contributed by atoms with van der Waals surface area (Å²) in [5, 5.41) is 12.2. The zero-order valence-corrected chi connectivity index (χ0v) is 27.2. The molecule has 2 aromatic rings. The molecule has 5 rings (SSSR count). The van der Waals surface area contributed by atoms with Gasteiger partial charge in [0.2, 0.25) is 0 Å². The summed E-state index contributed by atoms with van der Waals surface area (Å²) in [6.45, 7) is 10.1. The molecular formula is C34H44N2O10. The van der Waals surface area contributed by atoms with Gasteiger partial charge in [0, 0.05) is 49.2 Å². The van der Waals surface area contributed by atoms with Gasteiger partial charge < -0.3 is 34.2 Å². The number of carbonyl (C=O) groups is 3. The molecule has 12 heteroatoms. The molecule has 3 aliphatic rings. The molecule has 0 bridgehead atoms. The van der Waals surface area contributed by atoms with Crippen molar-refractivity contribution in [1.29, 1.82) is 0 Å². The Kier molecular flexibility index (Phi) is 9.09. The van der Waals surface area contributed by atoms with Crippen molar-refractivity contribution in [1.82, 2.24) is 4.98 Å². The van der Waals surface area contributed by atoms with E-state index in [9.17, 15) is 24.3 Å². The van der Waals surface area contributed by atoms with E-state index in [4.69, 9.17) is 29.1 Å². The van der Waals surface area contributed by atoms with Crippen molar-refractivity contribution in [2.75, 3.05) is 6.61 Å². The SMILES string of the molecule is CCCC(N)C(=O)OCC1(C)C2C[C@H](OC(C)=O)[C@@]3(C)Oc4cc(-c5cccnc5)oc(=O)c4[C@H](O)C3[C@@]2(C)CC[C@@H]1OC(C)=O. The Bertz CT molecular complexity index is 1540. The second-order valence-corrected chi connectivity index (χ2v) is 13.7. The Balaban J connectivity index is 1.62. The third-order valence-corrected chi connectivity index (χ3v) is 10.6. The van der Waals surface area contributed by atoms with Crippen LogP contribution >= 0.6 is 0 Å². The van der Waals surface area contributed by atoms with Crippen molar-refractivity contribution in [2.24, 2.45) is 28.4 Å². The summed E-state index contributed by atoms with van der Waals surface area (Å²) in [5.74, 6) is -2.46. The average Bonchev–Trinajstić information content (AvgIpc) is 2.98. The molecule has 0 aromatic carbocycles. The van der Waals surface area contributed by atoms with Gasteiger partial charge in [0.05, 0.1) is 6.10 Å². The van der Waals surface area contributed by atoms with Crippen LogP contribution in [0.4, 0.5) is 0 Å². The van der Waals surface area contributed by atoms with E-state index in [1.165, 1.54) is 13.8 Å². The van der Waals surface area contributed by atoms with Crippen LogP contribution < -0.4 is 16.1 Å². The fourth-order valence-corrected chi connectivity index (χ4v) is 8.54. The van der Waals surface area contributed by atoms with Crippen LogP contribution in [0.1, 0.15) is 85.3 Å². The molecule has 2 aliphatic carbocycles. The summed E-state index contributed by atoms with van der Waals surface area (Å²) >= 11 is 0. The predicted octanol–water partition coefficient (Wildman–Crippen LogP) is 3.86. The molecule has 4 unspecified atom stereocenters. The normalized spacial score (nSPS) is 33.7. The molecular weight excluding hydrogens is 596 g/mol. The van der Waals surface area contributed by atoms with Crippen LogP contribution in [0, 0.1) is 22.7 Å². The number of aliphatic hydroxyl groups excluding tert-OH is 1. The molecule has 3 heterocycles. The molecule has 0 saturated heterocycles. The number of pyridine rings is 1. The first kappa shape index (κ1) is 33.6. The highest BCUT2D eigenvalue weighted by Crippen LogP contribution is 2.67. The van der Waals surface area contributed by atoms with Crippen LogP contribution in [0.15, 0.2) is 39.8 Å². The van der Waals surface area contributed by atoms with Crippen LogP contribution in [0.2, 0.25) is 0 Å². The number of ether oxygens (including phenoxy) is 4. The van der Waals surface area contributed by atoms with Crippen molar-refractivity contribution >= 4 is 17.9 Å². The van der Waals surface area contributed by atoms with E-state index >= 15 is 0 Å². The van der Waals surface area contributed by atoms with Gasteiger partial charge in [-0.3, -0.25) is 19.4 Å². The second-order valence-electron chi connectivity index (χ2n) is 13.7. The number of aliphatic hydroxyl groups is 1. The van der Waals surface area contributed by atoms with Crippen LogP contribution in [-0.4, -0.2) is 58.5 Å². The zero-order chi connectivity index (χ0) is 33.6. The van der Waals surface area contributed by atoms with E-state index in [1.807, 2.05) is 20.8 Å². The number of nitrogens with two attached hydrogens (primary N) is 1. The second kappa shape index (κ2) is 12.4. The average molecular weight is 641 g/mol. The summed E-state index contributed by atoms with van der Waals surface area (Å²) in [4.78, 5) is 55.4. The number of carbonyl (C=O) groups excluding carboxylic acids is 3. The van der Waals surface area contributed by atoms with E-state index in [2.05, 4.69) is 4.98 Å². The Morgan fingerprint density at radius 2 is 1.85 bits per heavy atom.